The molecule has 0 heterocycles. The number of carbonyl (C=O) groups is 1. The van der Waals surface area contributed by atoms with Gasteiger partial charge in [0.05, 0.1) is 5.69 Å². The molecule has 18 heavy (non-hydrogen) atoms. The van der Waals surface area contributed by atoms with Crippen LogP contribution in [0.2, 0.25) is 5.02 Å². The van der Waals surface area contributed by atoms with Crippen molar-refractivity contribution in [1.82, 2.24) is 0 Å². The van der Waals surface area contributed by atoms with Gasteiger partial charge in [-0.3, -0.25) is 4.79 Å². The molecular formula is C13H9ClFNO2. The highest BCUT2D eigenvalue weighted by Crippen LogP contribution is 2.26. The molecule has 0 fully saturated rings. The van der Waals surface area contributed by atoms with Crippen LogP contribution in [0.5, 0.6) is 5.75 Å². The molecule has 3 nitrogen and oxygen atoms in total. The molecule has 92 valence electrons. The molecule has 0 saturated heterocycles. The highest BCUT2D eigenvalue weighted by atomic mass is 35.5. The Morgan fingerprint density at radius 2 is 1.83 bits per heavy atom. The Labute approximate surface area is 108 Å². The zero-order valence-corrected chi connectivity index (χ0v) is 9.91. The number of carbonyl (C=O) groups excluding carboxylic acids is 1. The zero-order chi connectivity index (χ0) is 13.1. The van der Waals surface area contributed by atoms with Crippen molar-refractivity contribution in [3.63, 3.8) is 0 Å². The summed E-state index contributed by atoms with van der Waals surface area (Å²) in [6.45, 7) is 0. The lowest BCUT2D eigenvalue weighted by Gasteiger charge is -2.07. The number of benzene rings is 2. The maximum Gasteiger partial charge on any atom is 0.255 e. The molecule has 2 N–H and O–H groups in total. The van der Waals surface area contributed by atoms with Gasteiger partial charge in [-0.15, -0.1) is 0 Å². The van der Waals surface area contributed by atoms with Crippen LogP contribution in [-0.4, -0.2) is 11.0 Å². The second-order valence-corrected chi connectivity index (χ2v) is 4.06. The molecule has 0 aliphatic carbocycles. The van der Waals surface area contributed by atoms with Gasteiger partial charge >= 0.3 is 0 Å². The standard InChI is InChI=1S/C13H9ClFNO2/c14-9-3-6-12(17)11(7-9)16-13(18)8-1-4-10(15)5-2-8/h1-7,17H,(H,16,18). The number of halogens is 2. The molecule has 2 aromatic carbocycles. The normalized spacial score (nSPS) is 10.1. The van der Waals surface area contributed by atoms with Crippen molar-refractivity contribution in [3.05, 3.63) is 58.9 Å². The molecule has 0 atom stereocenters. The third kappa shape index (κ3) is 2.78. The SMILES string of the molecule is O=C(Nc1cc(Cl)ccc1O)c1ccc(F)cc1. The van der Waals surface area contributed by atoms with E-state index in [9.17, 15) is 14.3 Å². The number of rotatable bonds is 2. The Balaban J connectivity index is 2.21. The van der Waals surface area contributed by atoms with E-state index >= 15 is 0 Å². The quantitative estimate of drug-likeness (QED) is 0.817. The Morgan fingerprint density at radius 1 is 1.17 bits per heavy atom. The van der Waals surface area contributed by atoms with Crippen molar-refractivity contribution in [2.45, 2.75) is 0 Å². The molecule has 0 radical (unpaired) electrons. The molecule has 2 aromatic rings. The van der Waals surface area contributed by atoms with E-state index in [0.717, 1.165) is 0 Å². The van der Waals surface area contributed by atoms with Gasteiger partial charge in [0.2, 0.25) is 0 Å². The smallest absolute Gasteiger partial charge is 0.255 e. The van der Waals surface area contributed by atoms with E-state index < -0.39 is 11.7 Å². The first kappa shape index (κ1) is 12.4. The molecule has 0 aliphatic heterocycles. The fourth-order valence-electron chi connectivity index (χ4n) is 1.40. The van der Waals surface area contributed by atoms with E-state index in [0.29, 0.717) is 5.02 Å². The van der Waals surface area contributed by atoms with Gasteiger partial charge in [-0.1, -0.05) is 11.6 Å². The molecule has 0 spiro atoms. The molecule has 0 saturated carbocycles. The predicted molar refractivity (Wildman–Crippen MR) is 67.5 cm³/mol. The highest BCUT2D eigenvalue weighted by molar-refractivity contribution is 6.31. The van der Waals surface area contributed by atoms with Crippen LogP contribution in [0.4, 0.5) is 10.1 Å². The van der Waals surface area contributed by atoms with Gasteiger partial charge in [-0.2, -0.15) is 0 Å². The third-order valence-electron chi connectivity index (χ3n) is 2.31. The van der Waals surface area contributed by atoms with E-state index in [1.165, 1.54) is 42.5 Å². The van der Waals surface area contributed by atoms with Crippen LogP contribution in [0, 0.1) is 5.82 Å². The van der Waals surface area contributed by atoms with Crippen molar-refractivity contribution in [3.8, 4) is 5.75 Å². The van der Waals surface area contributed by atoms with Crippen LogP contribution in [-0.2, 0) is 0 Å². The number of nitrogens with one attached hydrogen (secondary N) is 1. The largest absolute Gasteiger partial charge is 0.506 e. The molecular weight excluding hydrogens is 257 g/mol. The van der Waals surface area contributed by atoms with Crippen molar-refractivity contribution < 1.29 is 14.3 Å². The topological polar surface area (TPSA) is 49.3 Å². The molecule has 0 unspecified atom stereocenters. The minimum Gasteiger partial charge on any atom is -0.506 e. The Morgan fingerprint density at radius 3 is 2.50 bits per heavy atom. The first-order chi connectivity index (χ1) is 8.56. The lowest BCUT2D eigenvalue weighted by molar-refractivity contribution is 0.102. The van der Waals surface area contributed by atoms with Crippen LogP contribution in [0.25, 0.3) is 0 Å². The first-order valence-electron chi connectivity index (χ1n) is 5.12. The lowest BCUT2D eigenvalue weighted by atomic mass is 10.2. The summed E-state index contributed by atoms with van der Waals surface area (Å²) in [6.07, 6.45) is 0. The Kier molecular flexibility index (Phi) is 3.48. The van der Waals surface area contributed by atoms with E-state index in [-0.39, 0.29) is 17.0 Å². The number of aromatic hydroxyl groups is 1. The Hall–Kier alpha value is -2.07. The van der Waals surface area contributed by atoms with E-state index in [4.69, 9.17) is 11.6 Å². The minimum absolute atomic E-state index is 0.0881. The van der Waals surface area contributed by atoms with Crippen LogP contribution >= 0.6 is 11.6 Å². The summed E-state index contributed by atoms with van der Waals surface area (Å²) >= 11 is 5.76. The highest BCUT2D eigenvalue weighted by Gasteiger charge is 2.09. The van der Waals surface area contributed by atoms with Gasteiger partial charge in [0, 0.05) is 10.6 Å². The summed E-state index contributed by atoms with van der Waals surface area (Å²) < 4.78 is 12.7. The maximum atomic E-state index is 12.7. The zero-order valence-electron chi connectivity index (χ0n) is 9.15. The van der Waals surface area contributed by atoms with Crippen LogP contribution in [0.15, 0.2) is 42.5 Å². The van der Waals surface area contributed by atoms with Crippen molar-refractivity contribution >= 4 is 23.2 Å². The third-order valence-corrected chi connectivity index (χ3v) is 2.55. The maximum absolute atomic E-state index is 12.7. The van der Waals surface area contributed by atoms with Gasteiger partial charge in [0.1, 0.15) is 11.6 Å². The average molecular weight is 266 g/mol. The van der Waals surface area contributed by atoms with Gasteiger partial charge in [0.15, 0.2) is 0 Å². The van der Waals surface area contributed by atoms with Crippen molar-refractivity contribution in [2.24, 2.45) is 0 Å². The van der Waals surface area contributed by atoms with Gasteiger partial charge in [-0.25, -0.2) is 4.39 Å². The lowest BCUT2D eigenvalue weighted by Crippen LogP contribution is -2.11. The molecule has 0 bridgehead atoms. The second-order valence-electron chi connectivity index (χ2n) is 3.62. The van der Waals surface area contributed by atoms with Crippen LogP contribution in [0.1, 0.15) is 10.4 Å². The Bertz CT molecular complexity index is 584. The predicted octanol–water partition coefficient (Wildman–Crippen LogP) is 3.44. The monoisotopic (exact) mass is 265 g/mol. The van der Waals surface area contributed by atoms with E-state index in [1.54, 1.807) is 0 Å². The van der Waals surface area contributed by atoms with Crippen LogP contribution < -0.4 is 5.32 Å². The van der Waals surface area contributed by atoms with E-state index in [1.807, 2.05) is 0 Å². The summed E-state index contributed by atoms with van der Waals surface area (Å²) in [4.78, 5) is 11.8. The number of phenols is 1. The number of anilines is 1. The van der Waals surface area contributed by atoms with Gasteiger partial charge in [0.25, 0.3) is 5.91 Å². The van der Waals surface area contributed by atoms with E-state index in [2.05, 4.69) is 5.32 Å². The molecule has 0 aromatic heterocycles. The van der Waals surface area contributed by atoms with Gasteiger partial charge in [-0.05, 0) is 42.5 Å². The summed E-state index contributed by atoms with van der Waals surface area (Å²) in [6, 6.07) is 9.39. The first-order valence-corrected chi connectivity index (χ1v) is 5.49. The number of phenolic OH excluding ortho intramolecular Hbond substituents is 1. The summed E-state index contributed by atoms with van der Waals surface area (Å²) in [5.74, 6) is -0.959. The molecule has 0 aliphatic rings. The number of hydrogen-bond donors (Lipinski definition) is 2. The molecule has 5 heteroatoms. The summed E-state index contributed by atoms with van der Waals surface area (Å²) in [5.41, 5.74) is 0.493. The fraction of sp³-hybridized carbons (Fsp3) is 0. The molecule has 2 rings (SSSR count). The second kappa shape index (κ2) is 5.06. The molecule has 1 amide bonds. The fourth-order valence-corrected chi connectivity index (χ4v) is 1.58. The summed E-state index contributed by atoms with van der Waals surface area (Å²) in [7, 11) is 0. The minimum atomic E-state index is -0.451. The summed E-state index contributed by atoms with van der Waals surface area (Å²) in [5, 5.41) is 12.4. The number of hydrogen-bond acceptors (Lipinski definition) is 2. The van der Waals surface area contributed by atoms with Crippen LogP contribution in [0.3, 0.4) is 0 Å². The average Bonchev–Trinajstić information content (AvgIpc) is 2.34. The van der Waals surface area contributed by atoms with Crippen molar-refractivity contribution in [2.75, 3.05) is 5.32 Å². The van der Waals surface area contributed by atoms with Gasteiger partial charge < -0.3 is 10.4 Å². The number of amides is 1. The van der Waals surface area contributed by atoms with Crippen molar-refractivity contribution in [1.29, 1.82) is 0 Å².